The third kappa shape index (κ3) is 4.16. The number of hydrogen-bond donors (Lipinski definition) is 2. The molecule has 2 aromatic heterocycles. The fourth-order valence-corrected chi connectivity index (χ4v) is 4.95. The van der Waals surface area contributed by atoms with Gasteiger partial charge in [0.05, 0.1) is 23.8 Å². The minimum Gasteiger partial charge on any atom is -0.505 e. The molecule has 0 atom stereocenters. The maximum absolute atomic E-state index is 11.9. The van der Waals surface area contributed by atoms with E-state index >= 15 is 0 Å². The highest BCUT2D eigenvalue weighted by Gasteiger charge is 2.26. The molecule has 4 aromatic carbocycles. The van der Waals surface area contributed by atoms with Crippen molar-refractivity contribution in [2.45, 2.75) is 52.4 Å². The van der Waals surface area contributed by atoms with Crippen LogP contribution in [0.5, 0.6) is 11.5 Å². The molecule has 202 valence electrons. The predicted molar refractivity (Wildman–Crippen MR) is 157 cm³/mol. The maximum Gasteiger partial charge on any atom is 0.149 e. The SMILES string of the molecule is CC(C)(C)c1cn(-c2cc3ccccc3c(-c3c(O)c(-n4cc(C(C)(C)C)nn4)cc4ccccc34)c2O)nn1. The number of fused-ring (bicyclic) bond motifs is 2. The van der Waals surface area contributed by atoms with E-state index in [9.17, 15) is 10.2 Å². The summed E-state index contributed by atoms with van der Waals surface area (Å²) in [6.45, 7) is 12.4. The lowest BCUT2D eigenvalue weighted by molar-refractivity contribution is 0.465. The van der Waals surface area contributed by atoms with Crippen LogP contribution in [-0.2, 0) is 10.8 Å². The number of nitrogens with zero attached hydrogens (tertiary/aromatic N) is 6. The highest BCUT2D eigenvalue weighted by atomic mass is 16.3. The number of hydrogen-bond acceptors (Lipinski definition) is 6. The zero-order valence-electron chi connectivity index (χ0n) is 23.5. The molecule has 2 N–H and O–H groups in total. The molecule has 6 aromatic rings. The van der Waals surface area contributed by atoms with Gasteiger partial charge in [-0.15, -0.1) is 10.2 Å². The average molecular weight is 533 g/mol. The third-order valence-corrected chi connectivity index (χ3v) is 7.27. The predicted octanol–water partition coefficient (Wildman–Crippen LogP) is 6.83. The van der Waals surface area contributed by atoms with Gasteiger partial charge in [-0.25, -0.2) is 9.36 Å². The number of aromatic nitrogens is 6. The number of aromatic hydroxyl groups is 2. The van der Waals surface area contributed by atoms with Gasteiger partial charge in [-0.2, -0.15) is 0 Å². The van der Waals surface area contributed by atoms with Crippen LogP contribution in [0.1, 0.15) is 52.9 Å². The number of benzene rings is 4. The highest BCUT2D eigenvalue weighted by molar-refractivity contribution is 6.12. The Morgan fingerprint density at radius 2 is 0.950 bits per heavy atom. The summed E-state index contributed by atoms with van der Waals surface area (Å²) in [6, 6.07) is 19.4. The van der Waals surface area contributed by atoms with Gasteiger partial charge in [-0.05, 0) is 33.7 Å². The van der Waals surface area contributed by atoms with E-state index in [-0.39, 0.29) is 22.3 Å². The molecular formula is C32H32N6O2. The van der Waals surface area contributed by atoms with Gasteiger partial charge in [0.1, 0.15) is 22.9 Å². The molecule has 0 radical (unpaired) electrons. The molecule has 0 saturated carbocycles. The van der Waals surface area contributed by atoms with Gasteiger partial charge >= 0.3 is 0 Å². The summed E-state index contributed by atoms with van der Waals surface area (Å²) in [4.78, 5) is 0. The van der Waals surface area contributed by atoms with Crippen LogP contribution in [-0.4, -0.2) is 40.2 Å². The summed E-state index contributed by atoms with van der Waals surface area (Å²) in [5, 5.41) is 44.7. The van der Waals surface area contributed by atoms with Crippen molar-refractivity contribution in [3.05, 3.63) is 84.4 Å². The van der Waals surface area contributed by atoms with Crippen molar-refractivity contribution in [1.82, 2.24) is 30.0 Å². The molecule has 2 heterocycles. The Balaban J connectivity index is 1.69. The largest absolute Gasteiger partial charge is 0.505 e. The summed E-state index contributed by atoms with van der Waals surface area (Å²) in [6.07, 6.45) is 3.68. The van der Waals surface area contributed by atoms with Gasteiger partial charge < -0.3 is 10.2 Å². The first-order valence-electron chi connectivity index (χ1n) is 13.3. The van der Waals surface area contributed by atoms with Crippen LogP contribution >= 0.6 is 0 Å². The Kier molecular flexibility index (Phi) is 5.69. The van der Waals surface area contributed by atoms with E-state index in [0.717, 1.165) is 32.9 Å². The molecule has 8 heteroatoms. The Bertz CT molecular complexity index is 1760. The first kappa shape index (κ1) is 25.6. The fourth-order valence-electron chi connectivity index (χ4n) is 4.95. The minimum absolute atomic E-state index is 0.00404. The lowest BCUT2D eigenvalue weighted by Gasteiger charge is -2.19. The van der Waals surface area contributed by atoms with Crippen molar-refractivity contribution in [1.29, 1.82) is 0 Å². The second-order valence-corrected chi connectivity index (χ2v) is 12.3. The van der Waals surface area contributed by atoms with Crippen molar-refractivity contribution < 1.29 is 10.2 Å². The lowest BCUT2D eigenvalue weighted by Crippen LogP contribution is -2.11. The normalized spacial score (nSPS) is 12.4. The molecule has 0 fully saturated rings. The Hall–Kier alpha value is -4.72. The van der Waals surface area contributed by atoms with E-state index in [1.54, 1.807) is 9.36 Å². The zero-order chi connectivity index (χ0) is 28.4. The molecule has 0 bridgehead atoms. The summed E-state index contributed by atoms with van der Waals surface area (Å²) < 4.78 is 3.20. The zero-order valence-corrected chi connectivity index (χ0v) is 23.5. The molecule has 6 rings (SSSR count). The van der Waals surface area contributed by atoms with E-state index in [2.05, 4.69) is 62.2 Å². The molecule has 0 amide bonds. The van der Waals surface area contributed by atoms with Gasteiger partial charge in [0.25, 0.3) is 0 Å². The molecule has 8 nitrogen and oxygen atoms in total. The first-order valence-corrected chi connectivity index (χ1v) is 13.3. The molecule has 0 saturated heterocycles. The summed E-state index contributed by atoms with van der Waals surface area (Å²) >= 11 is 0. The quantitative estimate of drug-likeness (QED) is 0.259. The Labute approximate surface area is 232 Å². The van der Waals surface area contributed by atoms with Crippen molar-refractivity contribution in [2.24, 2.45) is 0 Å². The van der Waals surface area contributed by atoms with Gasteiger partial charge in [-0.3, -0.25) is 0 Å². The number of phenols is 2. The molecule has 0 aliphatic carbocycles. The van der Waals surface area contributed by atoms with Crippen molar-refractivity contribution in [2.75, 3.05) is 0 Å². The lowest BCUT2D eigenvalue weighted by atomic mass is 9.90. The second kappa shape index (κ2) is 8.91. The van der Waals surface area contributed by atoms with Crippen LogP contribution in [0.15, 0.2) is 73.1 Å². The van der Waals surface area contributed by atoms with Crippen LogP contribution in [0.2, 0.25) is 0 Å². The van der Waals surface area contributed by atoms with E-state index in [1.165, 1.54) is 0 Å². The summed E-state index contributed by atoms with van der Waals surface area (Å²) in [7, 11) is 0. The molecule has 0 spiro atoms. The number of phenolic OH excluding ortho intramolecular Hbond substituents is 2. The van der Waals surface area contributed by atoms with Gasteiger partial charge in [0.15, 0.2) is 0 Å². The molecule has 0 aliphatic rings. The van der Waals surface area contributed by atoms with Crippen LogP contribution in [0.4, 0.5) is 0 Å². The summed E-state index contributed by atoms with van der Waals surface area (Å²) in [5.74, 6) is -0.00809. The summed E-state index contributed by atoms with van der Waals surface area (Å²) in [5.41, 5.74) is 3.15. The maximum atomic E-state index is 11.9. The average Bonchev–Trinajstić information content (AvgIpc) is 3.59. The Morgan fingerprint density at radius 1 is 0.575 bits per heavy atom. The highest BCUT2D eigenvalue weighted by Crippen LogP contribution is 2.49. The molecule has 0 aliphatic heterocycles. The molecule has 0 unspecified atom stereocenters. The Morgan fingerprint density at radius 3 is 1.30 bits per heavy atom. The van der Waals surface area contributed by atoms with Crippen LogP contribution in [0.3, 0.4) is 0 Å². The van der Waals surface area contributed by atoms with Crippen LogP contribution in [0.25, 0.3) is 44.0 Å². The first-order chi connectivity index (χ1) is 18.9. The topological polar surface area (TPSA) is 102 Å². The minimum atomic E-state index is -0.208. The second-order valence-electron chi connectivity index (χ2n) is 12.3. The van der Waals surface area contributed by atoms with Gasteiger partial charge in [0.2, 0.25) is 0 Å². The van der Waals surface area contributed by atoms with Crippen molar-refractivity contribution in [3.8, 4) is 34.0 Å². The van der Waals surface area contributed by atoms with E-state index in [1.807, 2.05) is 73.1 Å². The van der Waals surface area contributed by atoms with Crippen LogP contribution in [0, 0.1) is 0 Å². The monoisotopic (exact) mass is 532 g/mol. The van der Waals surface area contributed by atoms with Gasteiger partial charge in [0, 0.05) is 22.0 Å². The van der Waals surface area contributed by atoms with Gasteiger partial charge in [-0.1, -0.05) is 101 Å². The van der Waals surface area contributed by atoms with Crippen molar-refractivity contribution in [3.63, 3.8) is 0 Å². The number of rotatable bonds is 3. The van der Waals surface area contributed by atoms with E-state index in [0.29, 0.717) is 22.5 Å². The van der Waals surface area contributed by atoms with E-state index in [4.69, 9.17) is 0 Å². The smallest absolute Gasteiger partial charge is 0.149 e. The van der Waals surface area contributed by atoms with Crippen molar-refractivity contribution >= 4 is 21.5 Å². The third-order valence-electron chi connectivity index (χ3n) is 7.27. The van der Waals surface area contributed by atoms with E-state index < -0.39 is 0 Å². The van der Waals surface area contributed by atoms with Crippen LogP contribution < -0.4 is 0 Å². The molecular weight excluding hydrogens is 500 g/mol. The molecule has 40 heavy (non-hydrogen) atoms. The standard InChI is InChI=1S/C32H32N6O2/c1-31(2,3)25-17-37(35-33-25)23-15-19-11-7-9-13-21(19)27(29(23)39)28-22-14-10-8-12-20(22)16-24(30(28)40)38-18-26(34-36-38)32(4,5)6/h7-18,39-40H,1-6H3. The fraction of sp³-hybridized carbons (Fsp3) is 0.250.